The summed E-state index contributed by atoms with van der Waals surface area (Å²) >= 11 is 6.26. The number of hydrogen-bond acceptors (Lipinski definition) is 4. The molecule has 0 radical (unpaired) electrons. The van der Waals surface area contributed by atoms with Crippen LogP contribution in [0.5, 0.6) is 0 Å². The molecule has 126 valence electrons. The van der Waals surface area contributed by atoms with Crippen LogP contribution in [0.2, 0.25) is 5.02 Å². The van der Waals surface area contributed by atoms with E-state index in [2.05, 4.69) is 4.90 Å². The summed E-state index contributed by atoms with van der Waals surface area (Å²) in [5, 5.41) is 0.740. The zero-order valence-electron chi connectivity index (χ0n) is 13.2. The number of nitrogens with zero attached hydrogens (tertiary/aromatic N) is 2. The Hall–Kier alpha value is -1.14. The third-order valence-electron chi connectivity index (χ3n) is 4.41. The number of ether oxygens (including phenoxy) is 2. The fraction of sp³-hybridized carbons (Fsp3) is 0.588. The largest absolute Gasteiger partial charge is 0.378 e. The standard InChI is InChI=1S/C17H23ClN2O3/c18-15-4-2-1-3-14(15)16-13-19(7-12-23-16)6-5-17(21)20-8-10-22-11-9-20/h1-4,16H,5-13H2/t16-/m1/s1. The number of rotatable bonds is 4. The molecule has 0 spiro atoms. The predicted molar refractivity (Wildman–Crippen MR) is 88.6 cm³/mol. The van der Waals surface area contributed by atoms with Crippen molar-refractivity contribution in [2.45, 2.75) is 12.5 Å². The summed E-state index contributed by atoms with van der Waals surface area (Å²) in [5.74, 6) is 0.217. The van der Waals surface area contributed by atoms with Gasteiger partial charge in [-0.2, -0.15) is 0 Å². The SMILES string of the molecule is O=C(CCN1CCO[C@@H](c2ccccc2Cl)C1)N1CCOCC1. The van der Waals surface area contributed by atoms with Crippen molar-refractivity contribution in [2.24, 2.45) is 0 Å². The topological polar surface area (TPSA) is 42.0 Å². The van der Waals surface area contributed by atoms with Crippen LogP contribution in [0.4, 0.5) is 0 Å². The quantitative estimate of drug-likeness (QED) is 0.841. The first-order valence-corrected chi connectivity index (χ1v) is 8.56. The van der Waals surface area contributed by atoms with Crippen LogP contribution in [0.15, 0.2) is 24.3 Å². The molecule has 1 atom stereocenters. The Bertz CT molecular complexity index is 534. The molecular weight excluding hydrogens is 316 g/mol. The average molecular weight is 339 g/mol. The molecule has 2 heterocycles. The molecule has 1 aromatic carbocycles. The Labute approximate surface area is 142 Å². The Morgan fingerprint density at radius 3 is 2.74 bits per heavy atom. The molecule has 3 rings (SSSR count). The molecule has 2 fully saturated rings. The van der Waals surface area contributed by atoms with E-state index in [1.165, 1.54) is 0 Å². The van der Waals surface area contributed by atoms with Crippen LogP contribution in [0, 0.1) is 0 Å². The van der Waals surface area contributed by atoms with E-state index < -0.39 is 0 Å². The van der Waals surface area contributed by atoms with Crippen LogP contribution in [0.1, 0.15) is 18.1 Å². The van der Waals surface area contributed by atoms with E-state index in [1.807, 2.05) is 29.2 Å². The third-order valence-corrected chi connectivity index (χ3v) is 4.75. The highest BCUT2D eigenvalue weighted by Crippen LogP contribution is 2.28. The van der Waals surface area contributed by atoms with Gasteiger partial charge < -0.3 is 14.4 Å². The second kappa shape index (κ2) is 8.11. The minimum atomic E-state index is -0.0176. The molecule has 1 amide bonds. The summed E-state index contributed by atoms with van der Waals surface area (Å²) in [4.78, 5) is 16.4. The molecule has 0 aromatic heterocycles. The molecule has 0 N–H and O–H groups in total. The van der Waals surface area contributed by atoms with Crippen molar-refractivity contribution in [3.63, 3.8) is 0 Å². The lowest BCUT2D eigenvalue weighted by molar-refractivity contribution is -0.136. The molecule has 5 nitrogen and oxygen atoms in total. The van der Waals surface area contributed by atoms with Gasteiger partial charge in [-0.15, -0.1) is 0 Å². The van der Waals surface area contributed by atoms with Crippen LogP contribution in [0.25, 0.3) is 0 Å². The lowest BCUT2D eigenvalue weighted by Crippen LogP contribution is -2.44. The smallest absolute Gasteiger partial charge is 0.224 e. The zero-order valence-corrected chi connectivity index (χ0v) is 14.0. The summed E-state index contributed by atoms with van der Waals surface area (Å²) in [6, 6.07) is 7.80. The number of carbonyl (C=O) groups excluding carboxylic acids is 1. The van der Waals surface area contributed by atoms with Crippen LogP contribution < -0.4 is 0 Å². The maximum Gasteiger partial charge on any atom is 0.224 e. The van der Waals surface area contributed by atoms with E-state index in [1.54, 1.807) is 0 Å². The Morgan fingerprint density at radius 2 is 1.96 bits per heavy atom. The molecule has 6 heteroatoms. The van der Waals surface area contributed by atoms with Gasteiger partial charge in [0.15, 0.2) is 0 Å². The fourth-order valence-corrected chi connectivity index (χ4v) is 3.31. The van der Waals surface area contributed by atoms with E-state index in [4.69, 9.17) is 21.1 Å². The Kier molecular flexibility index (Phi) is 5.89. The van der Waals surface area contributed by atoms with Gasteiger partial charge in [-0.25, -0.2) is 0 Å². The maximum atomic E-state index is 12.2. The summed E-state index contributed by atoms with van der Waals surface area (Å²) in [6.45, 7) is 5.80. The molecule has 2 aliphatic rings. The van der Waals surface area contributed by atoms with Gasteiger partial charge in [0.2, 0.25) is 5.91 Å². The normalized spacial score (nSPS) is 23.0. The van der Waals surface area contributed by atoms with Gasteiger partial charge in [0.05, 0.1) is 25.9 Å². The fourth-order valence-electron chi connectivity index (χ4n) is 3.05. The van der Waals surface area contributed by atoms with Crippen LogP contribution in [-0.4, -0.2) is 68.3 Å². The van der Waals surface area contributed by atoms with Crippen LogP contribution in [-0.2, 0) is 14.3 Å². The predicted octanol–water partition coefficient (Wildman–Crippen LogP) is 1.96. The van der Waals surface area contributed by atoms with Gasteiger partial charge >= 0.3 is 0 Å². The number of halogens is 1. The van der Waals surface area contributed by atoms with E-state index >= 15 is 0 Å². The van der Waals surface area contributed by atoms with Crippen molar-refractivity contribution in [2.75, 3.05) is 52.5 Å². The number of hydrogen-bond donors (Lipinski definition) is 0. The highest BCUT2D eigenvalue weighted by atomic mass is 35.5. The Balaban J connectivity index is 1.51. The molecule has 0 saturated carbocycles. The van der Waals surface area contributed by atoms with Crippen molar-refractivity contribution >= 4 is 17.5 Å². The number of carbonyl (C=O) groups is 1. The van der Waals surface area contributed by atoms with Crippen molar-refractivity contribution < 1.29 is 14.3 Å². The molecule has 0 aliphatic carbocycles. The first-order chi connectivity index (χ1) is 11.2. The summed E-state index contributed by atoms with van der Waals surface area (Å²) in [5.41, 5.74) is 1.03. The van der Waals surface area contributed by atoms with Gasteiger partial charge in [0, 0.05) is 49.7 Å². The van der Waals surface area contributed by atoms with Crippen LogP contribution in [0.3, 0.4) is 0 Å². The lowest BCUT2D eigenvalue weighted by atomic mass is 10.1. The average Bonchev–Trinajstić information content (AvgIpc) is 2.61. The van der Waals surface area contributed by atoms with Gasteiger partial charge in [-0.3, -0.25) is 9.69 Å². The van der Waals surface area contributed by atoms with Crippen molar-refractivity contribution in [1.82, 2.24) is 9.80 Å². The van der Waals surface area contributed by atoms with Gasteiger partial charge in [0.1, 0.15) is 0 Å². The first-order valence-electron chi connectivity index (χ1n) is 8.18. The molecule has 2 saturated heterocycles. The minimum absolute atomic E-state index is 0.0176. The van der Waals surface area contributed by atoms with Crippen LogP contribution >= 0.6 is 11.6 Å². The lowest BCUT2D eigenvalue weighted by Gasteiger charge is -2.34. The molecule has 0 unspecified atom stereocenters. The maximum absolute atomic E-state index is 12.2. The Morgan fingerprint density at radius 1 is 1.17 bits per heavy atom. The van der Waals surface area contributed by atoms with E-state index in [-0.39, 0.29) is 12.0 Å². The van der Waals surface area contributed by atoms with E-state index in [0.29, 0.717) is 39.3 Å². The molecular formula is C17H23ClN2O3. The molecule has 0 bridgehead atoms. The minimum Gasteiger partial charge on any atom is -0.378 e. The number of morpholine rings is 2. The van der Waals surface area contributed by atoms with Gasteiger partial charge in [-0.05, 0) is 6.07 Å². The summed E-state index contributed by atoms with van der Waals surface area (Å²) in [6.07, 6.45) is 0.533. The number of benzene rings is 1. The first kappa shape index (κ1) is 16.7. The summed E-state index contributed by atoms with van der Waals surface area (Å²) in [7, 11) is 0. The molecule has 2 aliphatic heterocycles. The van der Waals surface area contributed by atoms with Crippen molar-refractivity contribution in [3.05, 3.63) is 34.9 Å². The summed E-state index contributed by atoms with van der Waals surface area (Å²) < 4.78 is 11.1. The van der Waals surface area contributed by atoms with Gasteiger partial charge in [0.25, 0.3) is 0 Å². The van der Waals surface area contributed by atoms with E-state index in [9.17, 15) is 4.79 Å². The molecule has 1 aromatic rings. The zero-order chi connectivity index (χ0) is 16.1. The van der Waals surface area contributed by atoms with Gasteiger partial charge in [-0.1, -0.05) is 29.8 Å². The highest BCUT2D eigenvalue weighted by molar-refractivity contribution is 6.31. The monoisotopic (exact) mass is 338 g/mol. The molecule has 23 heavy (non-hydrogen) atoms. The van der Waals surface area contributed by atoms with E-state index in [0.717, 1.165) is 30.2 Å². The van der Waals surface area contributed by atoms with Crippen molar-refractivity contribution in [1.29, 1.82) is 0 Å². The van der Waals surface area contributed by atoms with Crippen molar-refractivity contribution in [3.8, 4) is 0 Å². The highest BCUT2D eigenvalue weighted by Gasteiger charge is 2.24. The second-order valence-electron chi connectivity index (χ2n) is 5.92. The number of amides is 1. The second-order valence-corrected chi connectivity index (χ2v) is 6.33. The third kappa shape index (κ3) is 4.44.